The first kappa shape index (κ1) is 31.5. The molecule has 16 heteroatoms. The van der Waals surface area contributed by atoms with Gasteiger partial charge in [0, 0.05) is 12.3 Å². The standard InChI is InChI=1S/C25H34N5O9PS/c1-24(2,13-31)23(34)41-10-9-37-40(36,29-11-16-7-5-4-6-8-16)38-12-17-19(32)25(3,35)22(39-17)30-15-28-18-20(30)26-14-27-21(18)33/h4-8,14-15,17,19,22,31-32,35H,9-13H2,1-3H3,(H,29,36)(H,26,27,33)/t17-,19+,22-,25?,40?/m1/s1. The summed E-state index contributed by atoms with van der Waals surface area (Å²) >= 11 is 0.942. The van der Waals surface area contributed by atoms with E-state index < -0.39 is 49.4 Å². The molecule has 0 saturated carbocycles. The highest BCUT2D eigenvalue weighted by molar-refractivity contribution is 8.13. The molecule has 5 N–H and O–H groups in total. The Labute approximate surface area is 240 Å². The number of H-pyrrole nitrogens is 1. The summed E-state index contributed by atoms with van der Waals surface area (Å²) in [4.78, 5) is 34.9. The smallest absolute Gasteiger partial charge is 0.395 e. The van der Waals surface area contributed by atoms with Gasteiger partial charge in [-0.1, -0.05) is 42.1 Å². The van der Waals surface area contributed by atoms with Crippen molar-refractivity contribution in [2.45, 2.75) is 51.4 Å². The number of aromatic amines is 1. The number of rotatable bonds is 13. The van der Waals surface area contributed by atoms with Gasteiger partial charge in [-0.2, -0.15) is 0 Å². The van der Waals surface area contributed by atoms with Crippen molar-refractivity contribution in [3.8, 4) is 0 Å². The number of ether oxygens (including phenoxy) is 1. The van der Waals surface area contributed by atoms with Crippen LogP contribution in [0.25, 0.3) is 11.2 Å². The monoisotopic (exact) mass is 611 g/mol. The lowest BCUT2D eigenvalue weighted by Gasteiger charge is -2.27. The minimum atomic E-state index is -4.01. The maximum atomic E-state index is 13.7. The van der Waals surface area contributed by atoms with Crippen molar-refractivity contribution in [1.29, 1.82) is 0 Å². The van der Waals surface area contributed by atoms with Crippen LogP contribution in [0.1, 0.15) is 32.6 Å². The summed E-state index contributed by atoms with van der Waals surface area (Å²) in [6.45, 7) is 3.87. The van der Waals surface area contributed by atoms with Crippen LogP contribution in [0.4, 0.5) is 0 Å². The molecule has 2 aromatic heterocycles. The van der Waals surface area contributed by atoms with Crippen molar-refractivity contribution in [2.75, 3.05) is 25.6 Å². The van der Waals surface area contributed by atoms with E-state index in [0.29, 0.717) is 0 Å². The Morgan fingerprint density at radius 3 is 2.73 bits per heavy atom. The van der Waals surface area contributed by atoms with E-state index in [0.717, 1.165) is 17.3 Å². The van der Waals surface area contributed by atoms with Gasteiger partial charge < -0.3 is 25.0 Å². The van der Waals surface area contributed by atoms with Crippen LogP contribution in [0.5, 0.6) is 0 Å². The van der Waals surface area contributed by atoms with E-state index in [1.165, 1.54) is 24.1 Å². The van der Waals surface area contributed by atoms with E-state index in [1.54, 1.807) is 13.8 Å². The predicted molar refractivity (Wildman–Crippen MR) is 150 cm³/mol. The molecule has 3 aromatic rings. The molecule has 0 spiro atoms. The molecule has 224 valence electrons. The van der Waals surface area contributed by atoms with Gasteiger partial charge >= 0.3 is 7.75 Å². The second-order valence-corrected chi connectivity index (χ2v) is 13.3. The average Bonchev–Trinajstić information content (AvgIpc) is 3.48. The number of carbonyl (C=O) groups is 1. The maximum Gasteiger partial charge on any atom is 0.405 e. The number of imidazole rings is 1. The summed E-state index contributed by atoms with van der Waals surface area (Å²) in [6.07, 6.45) is -1.37. The van der Waals surface area contributed by atoms with Crippen molar-refractivity contribution >= 4 is 35.8 Å². The van der Waals surface area contributed by atoms with Gasteiger partial charge in [0.1, 0.15) is 17.8 Å². The van der Waals surface area contributed by atoms with Crippen LogP contribution >= 0.6 is 19.5 Å². The average molecular weight is 612 g/mol. The predicted octanol–water partition coefficient (Wildman–Crippen LogP) is 1.34. The van der Waals surface area contributed by atoms with Crippen molar-refractivity contribution in [3.05, 3.63) is 58.9 Å². The zero-order valence-electron chi connectivity index (χ0n) is 22.8. The maximum absolute atomic E-state index is 13.7. The lowest BCUT2D eigenvalue weighted by Crippen LogP contribution is -2.44. The van der Waals surface area contributed by atoms with Crippen molar-refractivity contribution in [3.63, 3.8) is 0 Å². The first-order valence-corrected chi connectivity index (χ1v) is 15.3. The zero-order chi connectivity index (χ0) is 29.8. The highest BCUT2D eigenvalue weighted by atomic mass is 32.2. The van der Waals surface area contributed by atoms with Gasteiger partial charge in [0.05, 0.1) is 37.9 Å². The molecule has 0 bridgehead atoms. The molecule has 0 aliphatic carbocycles. The molecule has 5 atom stereocenters. The molecular formula is C25H34N5O9PS. The van der Waals surface area contributed by atoms with Crippen molar-refractivity contribution in [2.24, 2.45) is 5.41 Å². The lowest BCUT2D eigenvalue weighted by molar-refractivity contribution is -0.119. The van der Waals surface area contributed by atoms with Crippen LogP contribution in [0.15, 0.2) is 47.8 Å². The Kier molecular flexibility index (Phi) is 9.84. The number of hydrogen-bond acceptors (Lipinski definition) is 12. The molecule has 1 aromatic carbocycles. The Balaban J connectivity index is 1.45. The summed E-state index contributed by atoms with van der Waals surface area (Å²) in [6, 6.07) is 9.13. The molecule has 1 aliphatic heterocycles. The Morgan fingerprint density at radius 2 is 2.02 bits per heavy atom. The number of carbonyl (C=O) groups excluding carboxylic acids is 1. The molecule has 14 nitrogen and oxygen atoms in total. The Bertz CT molecular complexity index is 1450. The minimum absolute atomic E-state index is 0.0304. The van der Waals surface area contributed by atoms with E-state index in [1.807, 2.05) is 30.3 Å². The number of nitrogens with zero attached hydrogens (tertiary/aromatic N) is 3. The largest absolute Gasteiger partial charge is 0.405 e. The van der Waals surface area contributed by atoms with Crippen molar-refractivity contribution < 1.29 is 38.5 Å². The molecule has 4 rings (SSSR count). The van der Waals surface area contributed by atoms with Crippen LogP contribution in [0.3, 0.4) is 0 Å². The number of hydrogen-bond donors (Lipinski definition) is 5. The topological polar surface area (TPSA) is 198 Å². The second kappa shape index (κ2) is 12.8. The van der Waals surface area contributed by atoms with Crippen LogP contribution in [0, 0.1) is 5.41 Å². The van der Waals surface area contributed by atoms with Crippen LogP contribution in [0.2, 0.25) is 0 Å². The summed E-state index contributed by atoms with van der Waals surface area (Å²) in [7, 11) is -4.01. The third-order valence-electron chi connectivity index (χ3n) is 6.63. The lowest BCUT2D eigenvalue weighted by atomic mass is 9.96. The second-order valence-electron chi connectivity index (χ2n) is 10.4. The number of aliphatic hydroxyl groups excluding tert-OH is 2. The van der Waals surface area contributed by atoms with Crippen molar-refractivity contribution in [1.82, 2.24) is 24.6 Å². The van der Waals surface area contributed by atoms with E-state index >= 15 is 0 Å². The molecule has 1 fully saturated rings. The number of aromatic nitrogens is 4. The van der Waals surface area contributed by atoms with Gasteiger partial charge in [-0.3, -0.25) is 23.2 Å². The molecule has 0 radical (unpaired) electrons. The molecular weight excluding hydrogens is 577 g/mol. The fourth-order valence-electron chi connectivity index (χ4n) is 4.05. The number of thioether (sulfide) groups is 1. The van der Waals surface area contributed by atoms with Crippen LogP contribution in [-0.2, 0) is 29.7 Å². The SMILES string of the molecule is CC(C)(CO)C(=O)SCCOP(=O)(NCc1ccccc1)OC[C@H]1O[C@@H](n2cnc3c(=O)[nH]cnc32)C(C)(O)[C@H]1O. The van der Waals surface area contributed by atoms with E-state index in [-0.39, 0.29) is 41.8 Å². The quantitative estimate of drug-likeness (QED) is 0.137. The minimum Gasteiger partial charge on any atom is -0.395 e. The fourth-order valence-corrected chi connectivity index (χ4v) is 6.29. The highest BCUT2D eigenvalue weighted by Crippen LogP contribution is 2.46. The summed E-state index contributed by atoms with van der Waals surface area (Å²) in [5.74, 6) is 0.155. The fraction of sp³-hybridized carbons (Fsp3) is 0.520. The Morgan fingerprint density at radius 1 is 1.29 bits per heavy atom. The highest BCUT2D eigenvalue weighted by Gasteiger charge is 2.54. The first-order chi connectivity index (χ1) is 19.4. The van der Waals surface area contributed by atoms with Gasteiger partial charge in [0.2, 0.25) is 0 Å². The number of fused-ring (bicyclic) bond motifs is 1. The third-order valence-corrected chi connectivity index (χ3v) is 9.37. The molecule has 2 unspecified atom stereocenters. The molecule has 41 heavy (non-hydrogen) atoms. The summed E-state index contributed by atoms with van der Waals surface area (Å²) in [5, 5.41) is 34.0. The third kappa shape index (κ3) is 7.13. The van der Waals surface area contributed by atoms with Gasteiger partial charge in [-0.05, 0) is 26.3 Å². The van der Waals surface area contributed by atoms with Gasteiger partial charge in [0.15, 0.2) is 22.5 Å². The van der Waals surface area contributed by atoms with Crippen LogP contribution < -0.4 is 10.6 Å². The van der Waals surface area contributed by atoms with E-state index in [2.05, 4.69) is 20.0 Å². The molecule has 3 heterocycles. The summed E-state index contributed by atoms with van der Waals surface area (Å²) in [5.41, 5.74) is -2.28. The van der Waals surface area contributed by atoms with Crippen LogP contribution in [-0.4, -0.2) is 83.3 Å². The number of aliphatic hydroxyl groups is 3. The van der Waals surface area contributed by atoms with Gasteiger partial charge in [-0.25, -0.2) is 19.6 Å². The molecule has 0 amide bonds. The van der Waals surface area contributed by atoms with E-state index in [4.69, 9.17) is 13.8 Å². The zero-order valence-corrected chi connectivity index (χ0v) is 24.5. The molecule has 1 saturated heterocycles. The van der Waals surface area contributed by atoms with E-state index in [9.17, 15) is 29.5 Å². The number of benzene rings is 1. The number of nitrogens with one attached hydrogen (secondary N) is 2. The van der Waals surface area contributed by atoms with Gasteiger partial charge in [0.25, 0.3) is 5.56 Å². The normalized spacial score (nSPS) is 24.5. The van der Waals surface area contributed by atoms with Gasteiger partial charge in [-0.15, -0.1) is 0 Å². The molecule has 1 aliphatic rings. The Hall–Kier alpha value is -2.46. The summed E-state index contributed by atoms with van der Waals surface area (Å²) < 4.78 is 32.2. The first-order valence-electron chi connectivity index (χ1n) is 12.8.